The lowest BCUT2D eigenvalue weighted by molar-refractivity contribution is 0.0949. The molecule has 4 heteroatoms. The number of amides is 1. The zero-order valence-electron chi connectivity index (χ0n) is 10.3. The van der Waals surface area contributed by atoms with Crippen molar-refractivity contribution in [1.29, 1.82) is 0 Å². The molecule has 94 valence electrons. The Morgan fingerprint density at radius 2 is 2.06 bits per heavy atom. The van der Waals surface area contributed by atoms with Crippen molar-refractivity contribution in [3.63, 3.8) is 0 Å². The highest BCUT2D eigenvalue weighted by molar-refractivity contribution is 9.10. The van der Waals surface area contributed by atoms with Gasteiger partial charge in [-0.25, -0.2) is 0 Å². The highest BCUT2D eigenvalue weighted by atomic mass is 79.9. The molecule has 0 spiro atoms. The van der Waals surface area contributed by atoms with Crippen LogP contribution in [0.15, 0.2) is 22.7 Å². The van der Waals surface area contributed by atoms with Crippen molar-refractivity contribution in [2.45, 2.75) is 27.2 Å². The van der Waals surface area contributed by atoms with Crippen LogP contribution in [0.3, 0.4) is 0 Å². The van der Waals surface area contributed by atoms with Crippen LogP contribution >= 0.6 is 27.5 Å². The maximum Gasteiger partial charge on any atom is 0.252 e. The molecule has 1 amide bonds. The summed E-state index contributed by atoms with van der Waals surface area (Å²) in [6, 6.07) is 5.16. The number of benzene rings is 1. The largest absolute Gasteiger partial charge is 0.352 e. The standard InChI is InChI=1S/C13H17BrClNO/c1-13(2,3)6-7-16-12(17)10-5-4-9(15)8-11(10)14/h4-5,8H,6-7H2,1-3H3,(H,16,17). The molecule has 0 aliphatic heterocycles. The maximum atomic E-state index is 11.9. The second kappa shape index (κ2) is 5.87. The van der Waals surface area contributed by atoms with Crippen LogP contribution < -0.4 is 5.32 Å². The number of carbonyl (C=O) groups excluding carboxylic acids is 1. The molecule has 0 bridgehead atoms. The van der Waals surface area contributed by atoms with E-state index < -0.39 is 0 Å². The summed E-state index contributed by atoms with van der Waals surface area (Å²) in [4.78, 5) is 11.9. The fraction of sp³-hybridized carbons (Fsp3) is 0.462. The molecule has 0 heterocycles. The van der Waals surface area contributed by atoms with Crippen LogP contribution in [-0.4, -0.2) is 12.5 Å². The topological polar surface area (TPSA) is 29.1 Å². The van der Waals surface area contributed by atoms with Gasteiger partial charge < -0.3 is 5.32 Å². The van der Waals surface area contributed by atoms with Gasteiger partial charge in [0.05, 0.1) is 5.56 Å². The Kier molecular flexibility index (Phi) is 5.02. The van der Waals surface area contributed by atoms with Gasteiger partial charge in [0.15, 0.2) is 0 Å². The van der Waals surface area contributed by atoms with Gasteiger partial charge in [0.2, 0.25) is 0 Å². The predicted molar refractivity (Wildman–Crippen MR) is 75.6 cm³/mol. The molecule has 0 aliphatic carbocycles. The third kappa shape index (κ3) is 5.09. The molecule has 0 aliphatic rings. The van der Waals surface area contributed by atoms with Gasteiger partial charge >= 0.3 is 0 Å². The lowest BCUT2D eigenvalue weighted by Gasteiger charge is -2.18. The zero-order chi connectivity index (χ0) is 13.1. The van der Waals surface area contributed by atoms with Crippen LogP contribution in [0.5, 0.6) is 0 Å². The Hall–Kier alpha value is -0.540. The summed E-state index contributed by atoms with van der Waals surface area (Å²) in [5, 5.41) is 3.52. The molecule has 0 fully saturated rings. The average Bonchev–Trinajstić information content (AvgIpc) is 2.15. The molecule has 0 unspecified atom stereocenters. The summed E-state index contributed by atoms with van der Waals surface area (Å²) in [6.07, 6.45) is 0.948. The van der Waals surface area contributed by atoms with Crippen molar-refractivity contribution in [2.75, 3.05) is 6.54 Å². The fourth-order valence-corrected chi connectivity index (χ4v) is 2.18. The van der Waals surface area contributed by atoms with E-state index in [9.17, 15) is 4.79 Å². The first-order valence-corrected chi connectivity index (χ1v) is 6.70. The first-order chi connectivity index (χ1) is 7.79. The molecule has 2 nitrogen and oxygen atoms in total. The van der Waals surface area contributed by atoms with Crippen molar-refractivity contribution in [3.8, 4) is 0 Å². The van der Waals surface area contributed by atoms with Crippen LogP contribution in [0.4, 0.5) is 0 Å². The van der Waals surface area contributed by atoms with Crippen molar-refractivity contribution >= 4 is 33.4 Å². The molecule has 1 aromatic rings. The van der Waals surface area contributed by atoms with Crippen molar-refractivity contribution in [2.24, 2.45) is 5.41 Å². The number of hydrogen-bond donors (Lipinski definition) is 1. The van der Waals surface area contributed by atoms with E-state index >= 15 is 0 Å². The molecule has 0 atom stereocenters. The van der Waals surface area contributed by atoms with Gasteiger partial charge in [-0.05, 0) is 46.0 Å². The average molecular weight is 319 g/mol. The molecule has 0 saturated carbocycles. The number of carbonyl (C=O) groups is 1. The number of hydrogen-bond acceptors (Lipinski definition) is 1. The Morgan fingerprint density at radius 3 is 2.59 bits per heavy atom. The highest BCUT2D eigenvalue weighted by Crippen LogP contribution is 2.22. The van der Waals surface area contributed by atoms with E-state index in [-0.39, 0.29) is 11.3 Å². The van der Waals surface area contributed by atoms with Gasteiger partial charge in [-0.3, -0.25) is 4.79 Å². The first kappa shape index (κ1) is 14.5. The van der Waals surface area contributed by atoms with E-state index in [1.165, 1.54) is 0 Å². The van der Waals surface area contributed by atoms with Crippen molar-refractivity contribution < 1.29 is 4.79 Å². The molecule has 0 radical (unpaired) electrons. The molecule has 0 aromatic heterocycles. The molecule has 1 aromatic carbocycles. The molecular formula is C13H17BrClNO. The maximum absolute atomic E-state index is 11.9. The minimum atomic E-state index is -0.0715. The van der Waals surface area contributed by atoms with E-state index in [0.717, 1.165) is 10.9 Å². The summed E-state index contributed by atoms with van der Waals surface area (Å²) >= 11 is 9.16. The third-order valence-corrected chi connectivity index (χ3v) is 3.23. The Labute approximate surface area is 116 Å². The highest BCUT2D eigenvalue weighted by Gasteiger charge is 2.13. The third-order valence-electron chi connectivity index (χ3n) is 2.34. The van der Waals surface area contributed by atoms with Gasteiger partial charge in [0.1, 0.15) is 0 Å². The molecule has 1 rings (SSSR count). The minimum absolute atomic E-state index is 0.0715. The van der Waals surface area contributed by atoms with Gasteiger partial charge in [-0.15, -0.1) is 0 Å². The number of rotatable bonds is 3. The summed E-state index contributed by atoms with van der Waals surface area (Å²) in [6.45, 7) is 7.13. The van der Waals surface area contributed by atoms with Gasteiger partial charge in [0, 0.05) is 16.0 Å². The second-order valence-electron chi connectivity index (χ2n) is 5.19. The Balaban J connectivity index is 2.59. The summed E-state index contributed by atoms with van der Waals surface area (Å²) in [5.41, 5.74) is 0.841. The van der Waals surface area contributed by atoms with Crippen molar-refractivity contribution in [3.05, 3.63) is 33.3 Å². The molecule has 17 heavy (non-hydrogen) atoms. The Morgan fingerprint density at radius 1 is 1.41 bits per heavy atom. The van der Waals surface area contributed by atoms with Crippen LogP contribution in [0.1, 0.15) is 37.6 Å². The normalized spacial score (nSPS) is 11.4. The summed E-state index contributed by atoms with van der Waals surface area (Å²) in [7, 11) is 0. The van der Waals surface area contributed by atoms with E-state index in [2.05, 4.69) is 42.0 Å². The van der Waals surface area contributed by atoms with Crippen LogP contribution in [-0.2, 0) is 0 Å². The number of nitrogens with one attached hydrogen (secondary N) is 1. The lowest BCUT2D eigenvalue weighted by atomic mass is 9.92. The monoisotopic (exact) mass is 317 g/mol. The molecule has 0 saturated heterocycles. The molecule has 1 N–H and O–H groups in total. The zero-order valence-corrected chi connectivity index (χ0v) is 12.7. The quantitative estimate of drug-likeness (QED) is 0.886. The fourth-order valence-electron chi connectivity index (χ4n) is 1.32. The summed E-state index contributed by atoms with van der Waals surface area (Å²) < 4.78 is 0.721. The lowest BCUT2D eigenvalue weighted by Crippen LogP contribution is -2.27. The first-order valence-electron chi connectivity index (χ1n) is 5.53. The van der Waals surface area contributed by atoms with Crippen LogP contribution in [0.25, 0.3) is 0 Å². The predicted octanol–water partition coefficient (Wildman–Crippen LogP) is 4.27. The SMILES string of the molecule is CC(C)(C)CCNC(=O)c1ccc(Cl)cc1Br. The minimum Gasteiger partial charge on any atom is -0.352 e. The van der Waals surface area contributed by atoms with E-state index in [1.54, 1.807) is 18.2 Å². The smallest absolute Gasteiger partial charge is 0.252 e. The molecular weight excluding hydrogens is 302 g/mol. The van der Waals surface area contributed by atoms with E-state index in [4.69, 9.17) is 11.6 Å². The second-order valence-corrected chi connectivity index (χ2v) is 6.48. The van der Waals surface area contributed by atoms with Crippen molar-refractivity contribution in [1.82, 2.24) is 5.32 Å². The van der Waals surface area contributed by atoms with Crippen LogP contribution in [0, 0.1) is 5.41 Å². The number of halogens is 2. The van der Waals surface area contributed by atoms with Crippen LogP contribution in [0.2, 0.25) is 5.02 Å². The van der Waals surface area contributed by atoms with Gasteiger partial charge in [0.25, 0.3) is 5.91 Å². The van der Waals surface area contributed by atoms with Gasteiger partial charge in [-0.1, -0.05) is 32.4 Å². The van der Waals surface area contributed by atoms with E-state index in [0.29, 0.717) is 17.1 Å². The van der Waals surface area contributed by atoms with E-state index in [1.807, 2.05) is 0 Å². The van der Waals surface area contributed by atoms with Gasteiger partial charge in [-0.2, -0.15) is 0 Å². The summed E-state index contributed by atoms with van der Waals surface area (Å²) in [5.74, 6) is -0.0715. The Bertz CT molecular complexity index is 412.